The molecule has 0 bridgehead atoms. The van der Waals surface area contributed by atoms with Crippen molar-refractivity contribution in [1.82, 2.24) is 19.5 Å². The van der Waals surface area contributed by atoms with Crippen LogP contribution in [-0.2, 0) is 7.05 Å². The summed E-state index contributed by atoms with van der Waals surface area (Å²) in [5.74, 6) is 0.637. The summed E-state index contributed by atoms with van der Waals surface area (Å²) in [6, 6.07) is 9.48. The fraction of sp³-hybridized carbons (Fsp3) is 0.0833. The van der Waals surface area contributed by atoms with Crippen molar-refractivity contribution in [3.63, 3.8) is 0 Å². The van der Waals surface area contributed by atoms with Gasteiger partial charge in [0.1, 0.15) is 5.82 Å². The van der Waals surface area contributed by atoms with Gasteiger partial charge in [0, 0.05) is 12.6 Å². The highest BCUT2D eigenvalue weighted by molar-refractivity contribution is 5.75. The number of nitrogens with zero attached hydrogens (tertiary/aromatic N) is 2. The molecule has 0 unspecified atom stereocenters. The first-order chi connectivity index (χ1) is 8.66. The third-order valence-electron chi connectivity index (χ3n) is 2.80. The Hall–Kier alpha value is -2.63. The van der Waals surface area contributed by atoms with Gasteiger partial charge in [-0.15, -0.1) is 0 Å². The zero-order chi connectivity index (χ0) is 12.7. The van der Waals surface area contributed by atoms with Gasteiger partial charge in [0.2, 0.25) is 0 Å². The Morgan fingerprint density at radius 2 is 1.83 bits per heavy atom. The van der Waals surface area contributed by atoms with E-state index in [9.17, 15) is 9.59 Å². The first-order valence-corrected chi connectivity index (χ1v) is 5.41. The van der Waals surface area contributed by atoms with Crippen LogP contribution in [0.3, 0.4) is 0 Å². The van der Waals surface area contributed by atoms with Crippen LogP contribution in [0.1, 0.15) is 0 Å². The van der Waals surface area contributed by atoms with Crippen LogP contribution in [0.25, 0.3) is 22.6 Å². The number of fused-ring (bicyclic) bond motifs is 1. The minimum Gasteiger partial charge on any atom is -0.321 e. The lowest BCUT2D eigenvalue weighted by molar-refractivity contribution is 0.945. The van der Waals surface area contributed by atoms with E-state index >= 15 is 0 Å². The number of aromatic nitrogens is 4. The minimum absolute atomic E-state index is 0.296. The van der Waals surface area contributed by atoms with Crippen molar-refractivity contribution in [3.8, 4) is 11.4 Å². The van der Waals surface area contributed by atoms with E-state index < -0.39 is 11.2 Å². The molecule has 3 aromatic rings. The van der Waals surface area contributed by atoms with Crippen molar-refractivity contribution in [2.45, 2.75) is 0 Å². The van der Waals surface area contributed by atoms with Gasteiger partial charge in [0.05, 0.1) is 0 Å². The van der Waals surface area contributed by atoms with Gasteiger partial charge < -0.3 is 4.57 Å². The van der Waals surface area contributed by atoms with Crippen LogP contribution >= 0.6 is 0 Å². The molecule has 0 fully saturated rings. The standard InChI is InChI=1S/C12H10N4O2/c1-16-8-9(14-12(18)15-11(8)17)13-10(16)7-5-3-2-4-6-7/h2-6H,1H3,(H2,14,15,17,18). The minimum atomic E-state index is -0.551. The van der Waals surface area contributed by atoms with Gasteiger partial charge in [0.15, 0.2) is 11.2 Å². The Bertz CT molecular complexity index is 827. The van der Waals surface area contributed by atoms with Crippen LogP contribution in [0.15, 0.2) is 39.9 Å². The van der Waals surface area contributed by atoms with Crippen LogP contribution in [-0.4, -0.2) is 19.5 Å². The van der Waals surface area contributed by atoms with Gasteiger partial charge in [-0.1, -0.05) is 30.3 Å². The molecule has 0 saturated heterocycles. The maximum Gasteiger partial charge on any atom is 0.327 e. The summed E-state index contributed by atoms with van der Waals surface area (Å²) in [6.45, 7) is 0. The molecule has 0 aliphatic rings. The van der Waals surface area contributed by atoms with Gasteiger partial charge in [0.25, 0.3) is 5.56 Å². The van der Waals surface area contributed by atoms with Gasteiger partial charge in [-0.3, -0.25) is 14.8 Å². The Morgan fingerprint density at radius 1 is 1.11 bits per heavy atom. The molecule has 90 valence electrons. The Kier molecular flexibility index (Phi) is 2.16. The van der Waals surface area contributed by atoms with E-state index in [1.807, 2.05) is 30.3 Å². The zero-order valence-electron chi connectivity index (χ0n) is 9.60. The molecule has 6 heteroatoms. The SMILES string of the molecule is Cn1c(-c2ccccc2)nc2[nH]c(=O)[nH]c(=O)c21. The van der Waals surface area contributed by atoms with Crippen LogP contribution in [0.5, 0.6) is 0 Å². The average molecular weight is 242 g/mol. The third kappa shape index (κ3) is 1.46. The summed E-state index contributed by atoms with van der Waals surface area (Å²) in [7, 11) is 1.74. The summed E-state index contributed by atoms with van der Waals surface area (Å²) in [6.07, 6.45) is 0. The van der Waals surface area contributed by atoms with Crippen molar-refractivity contribution in [1.29, 1.82) is 0 Å². The zero-order valence-corrected chi connectivity index (χ0v) is 9.60. The van der Waals surface area contributed by atoms with Gasteiger partial charge in [-0.25, -0.2) is 9.78 Å². The molecule has 1 aromatic carbocycles. The summed E-state index contributed by atoms with van der Waals surface area (Å²) >= 11 is 0. The summed E-state index contributed by atoms with van der Waals surface area (Å²) in [5.41, 5.74) is 0.547. The summed E-state index contributed by atoms with van der Waals surface area (Å²) in [5, 5.41) is 0. The number of nitrogens with one attached hydrogen (secondary N) is 2. The molecule has 0 atom stereocenters. The van der Waals surface area contributed by atoms with E-state index in [-0.39, 0.29) is 0 Å². The van der Waals surface area contributed by atoms with E-state index in [0.717, 1.165) is 5.56 Å². The van der Waals surface area contributed by atoms with Gasteiger partial charge in [-0.2, -0.15) is 0 Å². The fourth-order valence-electron chi connectivity index (χ4n) is 1.99. The Balaban J connectivity index is 2.40. The lowest BCUT2D eigenvalue weighted by atomic mass is 10.2. The lowest BCUT2D eigenvalue weighted by Crippen LogP contribution is -2.22. The van der Waals surface area contributed by atoms with Crippen molar-refractivity contribution < 1.29 is 0 Å². The molecular weight excluding hydrogens is 232 g/mol. The predicted octanol–water partition coefficient (Wildman–Crippen LogP) is 0.617. The van der Waals surface area contributed by atoms with E-state index in [1.165, 1.54) is 0 Å². The molecule has 2 N–H and O–H groups in total. The molecular formula is C12H10N4O2. The van der Waals surface area contributed by atoms with E-state index in [0.29, 0.717) is 17.0 Å². The largest absolute Gasteiger partial charge is 0.327 e. The van der Waals surface area contributed by atoms with Gasteiger partial charge >= 0.3 is 5.69 Å². The highest BCUT2D eigenvalue weighted by atomic mass is 16.2. The van der Waals surface area contributed by atoms with E-state index in [4.69, 9.17) is 0 Å². The summed E-state index contributed by atoms with van der Waals surface area (Å²) < 4.78 is 1.67. The number of hydrogen-bond acceptors (Lipinski definition) is 3. The molecule has 6 nitrogen and oxygen atoms in total. The lowest BCUT2D eigenvalue weighted by Gasteiger charge is -2.00. The predicted molar refractivity (Wildman–Crippen MR) is 67.4 cm³/mol. The number of H-pyrrole nitrogens is 2. The van der Waals surface area contributed by atoms with Crippen LogP contribution < -0.4 is 11.2 Å². The molecule has 3 rings (SSSR count). The molecule has 0 aliphatic heterocycles. The van der Waals surface area contributed by atoms with E-state index in [1.54, 1.807) is 11.6 Å². The van der Waals surface area contributed by atoms with Crippen LogP contribution in [0, 0.1) is 0 Å². The normalized spacial score (nSPS) is 10.9. The second kappa shape index (κ2) is 3.69. The first-order valence-electron chi connectivity index (χ1n) is 5.41. The van der Waals surface area contributed by atoms with Gasteiger partial charge in [-0.05, 0) is 0 Å². The average Bonchev–Trinajstić information content (AvgIpc) is 2.67. The molecule has 0 amide bonds. The van der Waals surface area contributed by atoms with Crippen LogP contribution in [0.4, 0.5) is 0 Å². The molecule has 2 heterocycles. The molecule has 2 aromatic heterocycles. The number of rotatable bonds is 1. The number of benzene rings is 1. The fourth-order valence-corrected chi connectivity index (χ4v) is 1.99. The molecule has 0 saturated carbocycles. The number of aromatic amines is 2. The monoisotopic (exact) mass is 242 g/mol. The molecule has 0 aliphatic carbocycles. The number of hydrogen-bond donors (Lipinski definition) is 2. The third-order valence-corrected chi connectivity index (χ3v) is 2.80. The summed E-state index contributed by atoms with van der Waals surface area (Å²) in [4.78, 5) is 31.9. The smallest absolute Gasteiger partial charge is 0.321 e. The maximum atomic E-state index is 11.7. The first kappa shape index (κ1) is 10.5. The Morgan fingerprint density at radius 3 is 2.56 bits per heavy atom. The number of imidazole rings is 1. The molecule has 0 radical (unpaired) electrons. The maximum absolute atomic E-state index is 11.7. The Labute approximate surface area is 101 Å². The topological polar surface area (TPSA) is 83.5 Å². The van der Waals surface area contributed by atoms with Crippen molar-refractivity contribution in [2.75, 3.05) is 0 Å². The van der Waals surface area contributed by atoms with Crippen molar-refractivity contribution in [2.24, 2.45) is 7.05 Å². The highest BCUT2D eigenvalue weighted by Gasteiger charge is 2.13. The van der Waals surface area contributed by atoms with E-state index in [2.05, 4.69) is 15.0 Å². The van der Waals surface area contributed by atoms with Crippen LogP contribution in [0.2, 0.25) is 0 Å². The second-order valence-corrected chi connectivity index (χ2v) is 3.97. The molecule has 18 heavy (non-hydrogen) atoms. The number of aryl methyl sites for hydroxylation is 1. The van der Waals surface area contributed by atoms with Crippen molar-refractivity contribution >= 4 is 11.2 Å². The van der Waals surface area contributed by atoms with Crippen molar-refractivity contribution in [3.05, 3.63) is 51.2 Å². The molecule has 0 spiro atoms. The second-order valence-electron chi connectivity index (χ2n) is 3.97. The highest BCUT2D eigenvalue weighted by Crippen LogP contribution is 2.19. The quantitative estimate of drug-likeness (QED) is 0.656.